The van der Waals surface area contributed by atoms with E-state index in [-0.39, 0.29) is 12.0 Å². The fourth-order valence-corrected chi connectivity index (χ4v) is 4.49. The molecule has 0 aromatic heterocycles. The van der Waals surface area contributed by atoms with Gasteiger partial charge >= 0.3 is 0 Å². The summed E-state index contributed by atoms with van der Waals surface area (Å²) in [5.41, 5.74) is 5.70. The maximum atomic E-state index is 12.8. The molecule has 0 amide bonds. The molecule has 20 heavy (non-hydrogen) atoms. The van der Waals surface area contributed by atoms with Gasteiger partial charge in [-0.25, -0.2) is 0 Å². The van der Waals surface area contributed by atoms with Crippen LogP contribution in [-0.4, -0.2) is 63.0 Å². The highest BCUT2D eigenvalue weighted by Crippen LogP contribution is 2.22. The van der Waals surface area contributed by atoms with Crippen molar-refractivity contribution in [3.8, 4) is 0 Å². The van der Waals surface area contributed by atoms with E-state index in [1.165, 1.54) is 0 Å². The van der Waals surface area contributed by atoms with Crippen molar-refractivity contribution in [3.05, 3.63) is 0 Å². The van der Waals surface area contributed by atoms with Crippen LogP contribution in [0, 0.1) is 5.92 Å². The van der Waals surface area contributed by atoms with E-state index in [0.717, 1.165) is 19.3 Å². The highest BCUT2D eigenvalue weighted by molar-refractivity contribution is 7.86. The standard InChI is InChI=1S/C13H29N3O3S/c1-4-12(2)16(8-9-19-3)20(17,18)15-7-5-6-13(10-14)11-15/h12-13H,4-11,14H2,1-3H3. The molecule has 2 atom stereocenters. The summed E-state index contributed by atoms with van der Waals surface area (Å²) >= 11 is 0. The first-order valence-electron chi connectivity index (χ1n) is 7.43. The van der Waals surface area contributed by atoms with E-state index < -0.39 is 10.2 Å². The van der Waals surface area contributed by atoms with Gasteiger partial charge < -0.3 is 10.5 Å². The first kappa shape index (κ1) is 17.8. The van der Waals surface area contributed by atoms with Crippen molar-refractivity contribution in [2.45, 2.75) is 39.2 Å². The lowest BCUT2D eigenvalue weighted by Crippen LogP contribution is -2.52. The Kier molecular flexibility index (Phi) is 7.39. The van der Waals surface area contributed by atoms with Gasteiger partial charge in [-0.3, -0.25) is 0 Å². The normalized spacial score (nSPS) is 23.1. The number of hydrogen-bond donors (Lipinski definition) is 1. The van der Waals surface area contributed by atoms with Gasteiger partial charge in [0.05, 0.1) is 6.61 Å². The molecule has 0 aromatic rings. The summed E-state index contributed by atoms with van der Waals surface area (Å²) in [4.78, 5) is 0. The third-order valence-corrected chi connectivity index (χ3v) is 6.16. The van der Waals surface area contributed by atoms with Gasteiger partial charge in [0.15, 0.2) is 0 Å². The van der Waals surface area contributed by atoms with E-state index in [1.54, 1.807) is 15.7 Å². The third kappa shape index (κ3) is 4.39. The van der Waals surface area contributed by atoms with Gasteiger partial charge in [0.1, 0.15) is 0 Å². The van der Waals surface area contributed by atoms with Gasteiger partial charge in [0.2, 0.25) is 0 Å². The molecule has 1 heterocycles. The van der Waals surface area contributed by atoms with Crippen LogP contribution in [0.3, 0.4) is 0 Å². The molecule has 1 aliphatic heterocycles. The largest absolute Gasteiger partial charge is 0.383 e. The van der Waals surface area contributed by atoms with Crippen molar-refractivity contribution in [2.24, 2.45) is 11.7 Å². The van der Waals surface area contributed by atoms with Crippen molar-refractivity contribution in [2.75, 3.05) is 39.9 Å². The Balaban J connectivity index is 2.85. The van der Waals surface area contributed by atoms with Crippen molar-refractivity contribution in [3.63, 3.8) is 0 Å². The summed E-state index contributed by atoms with van der Waals surface area (Å²) in [6, 6.07) is -0.0200. The summed E-state index contributed by atoms with van der Waals surface area (Å²) in [7, 11) is -1.83. The second-order valence-electron chi connectivity index (χ2n) is 5.47. The molecule has 1 rings (SSSR count). The Morgan fingerprint density at radius 1 is 1.50 bits per heavy atom. The molecule has 0 aliphatic carbocycles. The molecule has 0 saturated carbocycles. The highest BCUT2D eigenvalue weighted by atomic mass is 32.2. The van der Waals surface area contributed by atoms with Crippen LogP contribution in [0.5, 0.6) is 0 Å². The Bertz CT molecular complexity index is 375. The Labute approximate surface area is 123 Å². The van der Waals surface area contributed by atoms with Crippen LogP contribution in [0.2, 0.25) is 0 Å². The lowest BCUT2D eigenvalue weighted by molar-refractivity contribution is 0.159. The summed E-state index contributed by atoms with van der Waals surface area (Å²) in [6.07, 6.45) is 2.70. The minimum absolute atomic E-state index is 0.0200. The van der Waals surface area contributed by atoms with Gasteiger partial charge in [-0.05, 0) is 38.6 Å². The number of piperidine rings is 1. The lowest BCUT2D eigenvalue weighted by atomic mass is 10.0. The smallest absolute Gasteiger partial charge is 0.282 e. The fraction of sp³-hybridized carbons (Fsp3) is 1.00. The molecule has 2 N–H and O–H groups in total. The average Bonchev–Trinajstić information content (AvgIpc) is 2.47. The van der Waals surface area contributed by atoms with Crippen LogP contribution < -0.4 is 5.73 Å². The van der Waals surface area contributed by atoms with Crippen LogP contribution in [0.4, 0.5) is 0 Å². The zero-order valence-electron chi connectivity index (χ0n) is 12.9. The fourth-order valence-electron chi connectivity index (χ4n) is 2.53. The topological polar surface area (TPSA) is 75.9 Å². The molecule has 0 spiro atoms. The molecule has 0 radical (unpaired) electrons. The molecule has 120 valence electrons. The van der Waals surface area contributed by atoms with Crippen molar-refractivity contribution < 1.29 is 13.2 Å². The molecular weight excluding hydrogens is 278 g/mol. The zero-order chi connectivity index (χ0) is 15.2. The quantitative estimate of drug-likeness (QED) is 0.714. The summed E-state index contributed by atoms with van der Waals surface area (Å²) in [5, 5.41) is 0. The summed E-state index contributed by atoms with van der Waals surface area (Å²) < 4.78 is 33.8. The molecule has 0 bridgehead atoms. The van der Waals surface area contributed by atoms with Crippen molar-refractivity contribution >= 4 is 10.2 Å². The Morgan fingerprint density at radius 2 is 2.20 bits per heavy atom. The number of methoxy groups -OCH3 is 1. The first-order chi connectivity index (χ1) is 9.47. The number of rotatable bonds is 8. The summed E-state index contributed by atoms with van der Waals surface area (Å²) in [6.45, 7) is 6.44. The van der Waals surface area contributed by atoms with Gasteiger partial charge in [-0.2, -0.15) is 17.0 Å². The predicted octanol–water partition coefficient (Wildman–Crippen LogP) is 0.649. The maximum absolute atomic E-state index is 12.8. The highest BCUT2D eigenvalue weighted by Gasteiger charge is 2.35. The number of nitrogens with zero attached hydrogens (tertiary/aromatic N) is 2. The second-order valence-corrected chi connectivity index (χ2v) is 7.35. The molecule has 1 saturated heterocycles. The number of hydrogen-bond acceptors (Lipinski definition) is 4. The van der Waals surface area contributed by atoms with Crippen LogP contribution in [0.1, 0.15) is 33.1 Å². The van der Waals surface area contributed by atoms with Gasteiger partial charge in [-0.15, -0.1) is 0 Å². The Hall–Kier alpha value is -0.210. The van der Waals surface area contributed by atoms with Crippen LogP contribution >= 0.6 is 0 Å². The monoisotopic (exact) mass is 307 g/mol. The van der Waals surface area contributed by atoms with E-state index in [0.29, 0.717) is 32.8 Å². The van der Waals surface area contributed by atoms with E-state index in [9.17, 15) is 8.42 Å². The van der Waals surface area contributed by atoms with E-state index in [1.807, 2.05) is 13.8 Å². The van der Waals surface area contributed by atoms with Gasteiger partial charge in [-0.1, -0.05) is 6.92 Å². The maximum Gasteiger partial charge on any atom is 0.282 e. The molecular formula is C13H29N3O3S. The molecule has 7 heteroatoms. The van der Waals surface area contributed by atoms with Gasteiger partial charge in [0.25, 0.3) is 10.2 Å². The molecule has 2 unspecified atom stereocenters. The molecule has 1 fully saturated rings. The average molecular weight is 307 g/mol. The van der Waals surface area contributed by atoms with E-state index >= 15 is 0 Å². The van der Waals surface area contributed by atoms with Crippen LogP contribution in [0.15, 0.2) is 0 Å². The first-order valence-corrected chi connectivity index (χ1v) is 8.82. The van der Waals surface area contributed by atoms with E-state index in [2.05, 4.69) is 0 Å². The minimum atomic E-state index is -3.42. The number of ether oxygens (including phenoxy) is 1. The summed E-state index contributed by atoms with van der Waals surface area (Å²) in [5.74, 6) is 0.278. The van der Waals surface area contributed by atoms with Gasteiger partial charge in [0, 0.05) is 32.8 Å². The van der Waals surface area contributed by atoms with E-state index in [4.69, 9.17) is 10.5 Å². The second kappa shape index (κ2) is 8.29. The minimum Gasteiger partial charge on any atom is -0.383 e. The lowest BCUT2D eigenvalue weighted by Gasteiger charge is -2.37. The predicted molar refractivity (Wildman–Crippen MR) is 80.6 cm³/mol. The molecule has 1 aliphatic rings. The number of nitrogens with two attached hydrogens (primary N) is 1. The molecule has 0 aromatic carbocycles. The SMILES string of the molecule is CCC(C)N(CCOC)S(=O)(=O)N1CCCC(CN)C1. The van der Waals surface area contributed by atoms with Crippen molar-refractivity contribution in [1.29, 1.82) is 0 Å². The molecule has 6 nitrogen and oxygen atoms in total. The zero-order valence-corrected chi connectivity index (χ0v) is 13.7. The van der Waals surface area contributed by atoms with Crippen molar-refractivity contribution in [1.82, 2.24) is 8.61 Å². The van der Waals surface area contributed by atoms with Crippen LogP contribution in [0.25, 0.3) is 0 Å². The Morgan fingerprint density at radius 3 is 2.75 bits per heavy atom. The third-order valence-electron chi connectivity index (χ3n) is 4.04. The van der Waals surface area contributed by atoms with Crippen LogP contribution in [-0.2, 0) is 14.9 Å².